The van der Waals surface area contributed by atoms with Gasteiger partial charge in [0.15, 0.2) is 0 Å². The smallest absolute Gasteiger partial charge is 0.251 e. The standard InChI is InChI=1S/C31H33ClFN7O2/c1-40(2)13-5-8-28(41)36-21-11-9-19(10-12-21)30(42)37-22-14-20(33)15-23(16-22)38-31-35-18-26(32)29(39-31)25-17-34-27-7-4-3-6-24(25)27/h3-12,17-18,20,22-23,34H,13-16H2,1-2H3,(H,36,41)(H,37,42)(H,35,38,39)/b8-5+/t20-,22+,23?/m0/s1. The number of nitrogens with zero attached hydrogens (tertiary/aromatic N) is 3. The van der Waals surface area contributed by atoms with Crippen LogP contribution in [0.1, 0.15) is 29.6 Å². The largest absolute Gasteiger partial charge is 0.360 e. The first-order valence-corrected chi connectivity index (χ1v) is 14.2. The number of likely N-dealkylation sites (N-methyl/N-ethyl adjacent to an activating group) is 1. The topological polar surface area (TPSA) is 115 Å². The molecule has 4 N–H and O–H groups in total. The van der Waals surface area contributed by atoms with Gasteiger partial charge < -0.3 is 25.8 Å². The fraction of sp³-hybridized carbons (Fsp3) is 0.290. The summed E-state index contributed by atoms with van der Waals surface area (Å²) in [7, 11) is 3.83. The number of H-pyrrole nitrogens is 1. The van der Waals surface area contributed by atoms with Gasteiger partial charge in [-0.3, -0.25) is 9.59 Å². The van der Waals surface area contributed by atoms with Crippen LogP contribution in [0.4, 0.5) is 16.0 Å². The first-order valence-electron chi connectivity index (χ1n) is 13.8. The van der Waals surface area contributed by atoms with Crippen molar-refractivity contribution in [3.05, 3.63) is 83.7 Å². The summed E-state index contributed by atoms with van der Waals surface area (Å²) in [6.07, 6.45) is 6.54. The first-order chi connectivity index (χ1) is 20.2. The Bertz CT molecular complexity index is 1590. The fourth-order valence-corrected chi connectivity index (χ4v) is 5.28. The molecule has 2 aromatic heterocycles. The number of aromatic amines is 1. The molecule has 4 aromatic rings. The zero-order chi connectivity index (χ0) is 29.6. The maximum absolute atomic E-state index is 14.8. The van der Waals surface area contributed by atoms with Gasteiger partial charge >= 0.3 is 0 Å². The number of amides is 2. The number of fused-ring (bicyclic) bond motifs is 1. The minimum Gasteiger partial charge on any atom is -0.360 e. The summed E-state index contributed by atoms with van der Waals surface area (Å²) in [6.45, 7) is 0.655. The number of hydrogen-bond donors (Lipinski definition) is 4. The number of carbonyl (C=O) groups is 2. The number of para-hydroxylation sites is 1. The van der Waals surface area contributed by atoms with Crippen molar-refractivity contribution in [2.75, 3.05) is 31.3 Å². The van der Waals surface area contributed by atoms with Crippen molar-refractivity contribution in [2.45, 2.75) is 37.5 Å². The lowest BCUT2D eigenvalue weighted by Gasteiger charge is -2.32. The van der Waals surface area contributed by atoms with Gasteiger partial charge in [0.1, 0.15) is 6.17 Å². The maximum atomic E-state index is 14.8. The van der Waals surface area contributed by atoms with Crippen LogP contribution in [-0.2, 0) is 4.79 Å². The number of nitrogens with one attached hydrogen (secondary N) is 4. The highest BCUT2D eigenvalue weighted by Gasteiger charge is 2.30. The zero-order valence-corrected chi connectivity index (χ0v) is 24.2. The van der Waals surface area contributed by atoms with Crippen molar-refractivity contribution in [3.63, 3.8) is 0 Å². The summed E-state index contributed by atoms with van der Waals surface area (Å²) in [5.74, 6) is -0.207. The average molecular weight is 590 g/mol. The Morgan fingerprint density at radius 1 is 1.10 bits per heavy atom. The lowest BCUT2D eigenvalue weighted by molar-refractivity contribution is -0.111. The van der Waals surface area contributed by atoms with E-state index in [0.717, 1.165) is 16.5 Å². The molecule has 1 unspecified atom stereocenters. The number of anilines is 2. The van der Waals surface area contributed by atoms with Crippen LogP contribution >= 0.6 is 11.6 Å². The molecule has 42 heavy (non-hydrogen) atoms. The van der Waals surface area contributed by atoms with Gasteiger partial charge in [-0.25, -0.2) is 14.4 Å². The van der Waals surface area contributed by atoms with E-state index >= 15 is 0 Å². The minimum atomic E-state index is -1.10. The van der Waals surface area contributed by atoms with E-state index < -0.39 is 6.17 Å². The summed E-state index contributed by atoms with van der Waals surface area (Å²) in [5.41, 5.74) is 3.39. The van der Waals surface area contributed by atoms with E-state index in [1.54, 1.807) is 30.3 Å². The summed E-state index contributed by atoms with van der Waals surface area (Å²) in [6, 6.07) is 13.8. The molecule has 3 atom stereocenters. The summed E-state index contributed by atoms with van der Waals surface area (Å²) < 4.78 is 14.8. The van der Waals surface area contributed by atoms with Crippen molar-refractivity contribution in [1.82, 2.24) is 25.2 Å². The monoisotopic (exact) mass is 589 g/mol. The van der Waals surface area contributed by atoms with Crippen LogP contribution < -0.4 is 16.0 Å². The van der Waals surface area contributed by atoms with Gasteiger partial charge in [-0.1, -0.05) is 35.9 Å². The Morgan fingerprint density at radius 2 is 1.86 bits per heavy atom. The lowest BCUT2D eigenvalue weighted by atomic mass is 9.89. The molecule has 218 valence electrons. The van der Waals surface area contributed by atoms with Gasteiger partial charge in [-0.2, -0.15) is 0 Å². The Kier molecular flexibility index (Phi) is 9.14. The second kappa shape index (κ2) is 13.1. The molecular weight excluding hydrogens is 557 g/mol. The van der Waals surface area contributed by atoms with Gasteiger partial charge in [-0.15, -0.1) is 0 Å². The minimum absolute atomic E-state index is 0.222. The maximum Gasteiger partial charge on any atom is 0.251 e. The van der Waals surface area contributed by atoms with E-state index in [9.17, 15) is 14.0 Å². The number of aromatic nitrogens is 3. The van der Waals surface area contributed by atoms with Crippen molar-refractivity contribution >= 4 is 46.0 Å². The van der Waals surface area contributed by atoms with Crippen LogP contribution in [0.3, 0.4) is 0 Å². The predicted molar refractivity (Wildman–Crippen MR) is 165 cm³/mol. The molecule has 5 rings (SSSR count). The second-order valence-electron chi connectivity index (χ2n) is 10.7. The van der Waals surface area contributed by atoms with Crippen molar-refractivity contribution in [2.24, 2.45) is 0 Å². The number of rotatable bonds is 9. The van der Waals surface area contributed by atoms with E-state index in [4.69, 9.17) is 11.6 Å². The third-order valence-corrected chi connectivity index (χ3v) is 7.34. The summed E-state index contributed by atoms with van der Waals surface area (Å²) in [4.78, 5) is 39.2. The van der Waals surface area contributed by atoms with Crippen LogP contribution in [-0.4, -0.2) is 70.6 Å². The van der Waals surface area contributed by atoms with E-state index in [2.05, 4.69) is 30.9 Å². The van der Waals surface area contributed by atoms with Crippen molar-refractivity contribution in [3.8, 4) is 11.3 Å². The second-order valence-corrected chi connectivity index (χ2v) is 11.1. The Morgan fingerprint density at radius 3 is 2.64 bits per heavy atom. The lowest BCUT2D eigenvalue weighted by Crippen LogP contribution is -2.45. The molecule has 9 nitrogen and oxygen atoms in total. The van der Waals surface area contributed by atoms with E-state index in [-0.39, 0.29) is 36.7 Å². The van der Waals surface area contributed by atoms with Crippen LogP contribution in [0.5, 0.6) is 0 Å². The third kappa shape index (κ3) is 7.32. The highest BCUT2D eigenvalue weighted by atomic mass is 35.5. The molecule has 0 bridgehead atoms. The number of benzene rings is 2. The molecule has 1 aliphatic rings. The van der Waals surface area contributed by atoms with Gasteiger partial charge in [0.2, 0.25) is 11.9 Å². The van der Waals surface area contributed by atoms with E-state index in [1.165, 1.54) is 12.3 Å². The van der Waals surface area contributed by atoms with Crippen LogP contribution in [0.2, 0.25) is 5.02 Å². The summed E-state index contributed by atoms with van der Waals surface area (Å²) >= 11 is 6.46. The molecule has 1 saturated carbocycles. The highest BCUT2D eigenvalue weighted by Crippen LogP contribution is 2.33. The van der Waals surface area contributed by atoms with Gasteiger partial charge in [0.25, 0.3) is 5.91 Å². The van der Waals surface area contributed by atoms with Gasteiger partial charge in [0, 0.05) is 58.6 Å². The predicted octanol–water partition coefficient (Wildman–Crippen LogP) is 5.44. The SMILES string of the molecule is CN(C)C/C=C/C(=O)Nc1ccc(C(=O)N[C@H]2CC(Nc3ncc(Cl)c(-c4c[nH]c5ccccc45)n3)C[C@@H](F)C2)cc1. The Hall–Kier alpha value is -4.28. The zero-order valence-electron chi connectivity index (χ0n) is 23.4. The Labute approximate surface area is 248 Å². The molecule has 2 amide bonds. The molecule has 0 saturated heterocycles. The van der Waals surface area contributed by atoms with Crippen molar-refractivity contribution in [1.29, 1.82) is 0 Å². The molecule has 1 fully saturated rings. The average Bonchev–Trinajstić information content (AvgIpc) is 3.38. The molecule has 0 aliphatic heterocycles. The van der Waals surface area contributed by atoms with E-state index in [1.807, 2.05) is 49.5 Å². The highest BCUT2D eigenvalue weighted by molar-refractivity contribution is 6.33. The Balaban J connectivity index is 1.20. The molecule has 2 heterocycles. The van der Waals surface area contributed by atoms with Crippen molar-refractivity contribution < 1.29 is 14.0 Å². The first kappa shape index (κ1) is 29.2. The van der Waals surface area contributed by atoms with E-state index in [0.29, 0.717) is 40.9 Å². The number of hydrogen-bond acceptors (Lipinski definition) is 6. The summed E-state index contributed by atoms with van der Waals surface area (Å²) in [5, 5.41) is 10.4. The molecule has 0 radical (unpaired) electrons. The number of alkyl halides is 1. The van der Waals surface area contributed by atoms with Crippen LogP contribution in [0.25, 0.3) is 22.2 Å². The number of halogens is 2. The van der Waals surface area contributed by atoms with Gasteiger partial charge in [-0.05, 0) is 63.7 Å². The molecular formula is C31H33ClFN7O2. The molecule has 0 spiro atoms. The number of carbonyl (C=O) groups excluding carboxylic acids is 2. The fourth-order valence-electron chi connectivity index (χ4n) is 5.09. The quantitative estimate of drug-likeness (QED) is 0.193. The van der Waals surface area contributed by atoms with Gasteiger partial charge in [0.05, 0.1) is 16.9 Å². The molecule has 2 aromatic carbocycles. The molecule has 11 heteroatoms. The van der Waals surface area contributed by atoms with Crippen LogP contribution in [0, 0.1) is 0 Å². The van der Waals surface area contributed by atoms with Crippen LogP contribution in [0.15, 0.2) is 73.1 Å². The molecule has 1 aliphatic carbocycles. The normalized spacial score (nSPS) is 18.8. The third-order valence-electron chi connectivity index (χ3n) is 7.06.